The number of hydrogen-bond acceptors (Lipinski definition) is 1. The molecule has 0 unspecified atom stereocenters. The van der Waals surface area contributed by atoms with E-state index in [9.17, 15) is 0 Å². The van der Waals surface area contributed by atoms with E-state index in [2.05, 4.69) is 122 Å². The van der Waals surface area contributed by atoms with E-state index in [4.69, 9.17) is 0 Å². The molecule has 0 nitrogen and oxygen atoms in total. The predicted octanol–water partition coefficient (Wildman–Crippen LogP) is 7.85. The van der Waals surface area contributed by atoms with Crippen molar-refractivity contribution < 1.29 is 0 Å². The van der Waals surface area contributed by atoms with E-state index in [0.29, 0.717) is 0 Å². The fourth-order valence-electron chi connectivity index (χ4n) is 1.94. The van der Waals surface area contributed by atoms with Crippen LogP contribution in [0, 0.1) is 17.4 Å². The molecular formula is C18H15Br2IS. The van der Waals surface area contributed by atoms with E-state index in [1.165, 1.54) is 25.1 Å². The zero-order valence-electron chi connectivity index (χ0n) is 12.2. The van der Waals surface area contributed by atoms with Crippen LogP contribution in [0.5, 0.6) is 0 Å². The molecule has 0 bridgehead atoms. The van der Waals surface area contributed by atoms with E-state index in [0.717, 1.165) is 8.95 Å². The van der Waals surface area contributed by atoms with Crippen LogP contribution in [0.2, 0.25) is 0 Å². The van der Waals surface area contributed by atoms with Crippen LogP contribution in [0.4, 0.5) is 0 Å². The maximum Gasteiger partial charge on any atom is 0.0345 e. The van der Waals surface area contributed by atoms with Crippen molar-refractivity contribution >= 4 is 65.8 Å². The Kier molecular flexibility index (Phi) is 7.12. The Bertz CT molecular complexity index is 752. The highest BCUT2D eigenvalue weighted by atomic mass is 127. The van der Waals surface area contributed by atoms with E-state index < -0.39 is 0 Å². The van der Waals surface area contributed by atoms with E-state index in [-0.39, 0.29) is 0 Å². The van der Waals surface area contributed by atoms with Crippen LogP contribution in [0.1, 0.15) is 11.1 Å². The first-order valence-corrected chi connectivity index (χ1v) is 10.2. The lowest BCUT2D eigenvalue weighted by atomic mass is 10.1. The molecule has 0 saturated carbocycles. The van der Waals surface area contributed by atoms with Gasteiger partial charge in [-0.15, -0.1) is 11.3 Å². The number of rotatable bonds is 1. The van der Waals surface area contributed by atoms with Gasteiger partial charge in [-0.3, -0.25) is 0 Å². The van der Waals surface area contributed by atoms with Gasteiger partial charge in [-0.1, -0.05) is 44.0 Å². The molecule has 3 aromatic rings. The third-order valence-corrected chi connectivity index (χ3v) is 6.20. The smallest absolute Gasteiger partial charge is 0.0345 e. The molecule has 0 saturated heterocycles. The third kappa shape index (κ3) is 5.18. The minimum absolute atomic E-state index is 1.14. The van der Waals surface area contributed by atoms with Crippen LogP contribution in [0.25, 0.3) is 10.4 Å². The number of halogens is 3. The van der Waals surface area contributed by atoms with Gasteiger partial charge in [0.25, 0.3) is 0 Å². The Morgan fingerprint density at radius 1 is 0.864 bits per heavy atom. The molecule has 0 spiro atoms. The van der Waals surface area contributed by atoms with Gasteiger partial charge in [-0.25, -0.2) is 0 Å². The summed E-state index contributed by atoms with van der Waals surface area (Å²) in [5, 5.41) is 2.11. The van der Waals surface area contributed by atoms with Crippen molar-refractivity contribution in [2.45, 2.75) is 13.8 Å². The first-order chi connectivity index (χ1) is 10.5. The lowest BCUT2D eigenvalue weighted by molar-refractivity contribution is 1.41. The molecule has 1 heterocycles. The van der Waals surface area contributed by atoms with Gasteiger partial charge in [0.05, 0.1) is 0 Å². The Morgan fingerprint density at radius 2 is 1.50 bits per heavy atom. The topological polar surface area (TPSA) is 0 Å². The van der Waals surface area contributed by atoms with Gasteiger partial charge in [0.2, 0.25) is 0 Å². The van der Waals surface area contributed by atoms with Crippen molar-refractivity contribution in [3.63, 3.8) is 0 Å². The normalized spacial score (nSPS) is 10.0. The average Bonchev–Trinajstić information content (AvgIpc) is 2.98. The van der Waals surface area contributed by atoms with Crippen LogP contribution < -0.4 is 0 Å². The molecule has 114 valence electrons. The summed E-state index contributed by atoms with van der Waals surface area (Å²) in [6.07, 6.45) is 0. The lowest BCUT2D eigenvalue weighted by Gasteiger charge is -2.02. The second kappa shape index (κ2) is 8.62. The van der Waals surface area contributed by atoms with Crippen molar-refractivity contribution in [2.75, 3.05) is 0 Å². The van der Waals surface area contributed by atoms with Crippen LogP contribution in [0.15, 0.2) is 62.9 Å². The number of hydrogen-bond donors (Lipinski definition) is 0. The fourth-order valence-corrected chi connectivity index (χ4v) is 4.05. The Labute approximate surface area is 166 Å². The molecule has 1 aromatic heterocycles. The average molecular weight is 550 g/mol. The SMILES string of the molecule is Cc1cc(Br)ccc1-c1cccs1.Cc1cc(Br)ccc1I. The van der Waals surface area contributed by atoms with Gasteiger partial charge in [0.1, 0.15) is 0 Å². The van der Waals surface area contributed by atoms with Gasteiger partial charge < -0.3 is 0 Å². The maximum absolute atomic E-state index is 3.46. The summed E-state index contributed by atoms with van der Waals surface area (Å²) in [6, 6.07) is 16.9. The van der Waals surface area contributed by atoms with E-state index in [1.54, 1.807) is 11.3 Å². The van der Waals surface area contributed by atoms with Crippen molar-refractivity contribution in [3.05, 3.63) is 77.6 Å². The predicted molar refractivity (Wildman–Crippen MR) is 114 cm³/mol. The molecule has 22 heavy (non-hydrogen) atoms. The molecule has 0 aliphatic carbocycles. The monoisotopic (exact) mass is 548 g/mol. The summed E-state index contributed by atoms with van der Waals surface area (Å²) in [6.45, 7) is 4.24. The summed E-state index contributed by atoms with van der Waals surface area (Å²) in [5.41, 5.74) is 3.97. The number of aryl methyl sites for hydroxylation is 2. The minimum atomic E-state index is 1.14. The summed E-state index contributed by atoms with van der Waals surface area (Å²) < 4.78 is 3.61. The maximum atomic E-state index is 3.46. The molecule has 3 rings (SSSR count). The first-order valence-electron chi connectivity index (χ1n) is 6.69. The molecule has 0 atom stereocenters. The van der Waals surface area contributed by atoms with Crippen molar-refractivity contribution in [1.82, 2.24) is 0 Å². The molecular weight excluding hydrogens is 535 g/mol. The summed E-state index contributed by atoms with van der Waals surface area (Å²) in [5.74, 6) is 0. The second-order valence-electron chi connectivity index (χ2n) is 4.83. The molecule has 0 fully saturated rings. The molecule has 0 amide bonds. The van der Waals surface area contributed by atoms with Gasteiger partial charge >= 0.3 is 0 Å². The van der Waals surface area contributed by atoms with Gasteiger partial charge in [-0.2, -0.15) is 0 Å². The Balaban J connectivity index is 0.000000172. The zero-order valence-corrected chi connectivity index (χ0v) is 18.4. The third-order valence-electron chi connectivity index (χ3n) is 3.10. The van der Waals surface area contributed by atoms with E-state index in [1.807, 2.05) is 0 Å². The lowest BCUT2D eigenvalue weighted by Crippen LogP contribution is -1.79. The quantitative estimate of drug-likeness (QED) is 0.271. The Morgan fingerprint density at radius 3 is 2.00 bits per heavy atom. The molecule has 0 radical (unpaired) electrons. The number of thiophene rings is 1. The molecule has 0 N–H and O–H groups in total. The fraction of sp³-hybridized carbons (Fsp3) is 0.111. The van der Waals surface area contributed by atoms with Crippen molar-refractivity contribution in [3.8, 4) is 10.4 Å². The standard InChI is InChI=1S/C11H9BrS.C7H6BrI/c1-8-7-9(12)4-5-10(8)11-3-2-6-13-11;1-5-4-6(8)2-3-7(5)9/h2-7H,1H3;2-4H,1H3. The van der Waals surface area contributed by atoms with Crippen molar-refractivity contribution in [1.29, 1.82) is 0 Å². The van der Waals surface area contributed by atoms with Crippen molar-refractivity contribution in [2.24, 2.45) is 0 Å². The summed E-state index contributed by atoms with van der Waals surface area (Å²) in [7, 11) is 0. The largest absolute Gasteiger partial charge is 0.144 e. The van der Waals surface area contributed by atoms with Gasteiger partial charge in [-0.05, 0) is 94.9 Å². The van der Waals surface area contributed by atoms with Crippen LogP contribution in [-0.2, 0) is 0 Å². The molecule has 2 aromatic carbocycles. The van der Waals surface area contributed by atoms with Crippen LogP contribution >= 0.6 is 65.8 Å². The highest BCUT2D eigenvalue weighted by molar-refractivity contribution is 14.1. The molecule has 4 heteroatoms. The summed E-state index contributed by atoms with van der Waals surface area (Å²) >= 11 is 11.0. The molecule has 0 aliphatic heterocycles. The van der Waals surface area contributed by atoms with Gasteiger partial charge in [0, 0.05) is 17.4 Å². The van der Waals surface area contributed by atoms with Crippen LogP contribution in [0.3, 0.4) is 0 Å². The minimum Gasteiger partial charge on any atom is -0.144 e. The first kappa shape index (κ1) is 18.2. The number of benzene rings is 2. The second-order valence-corrected chi connectivity index (χ2v) is 8.77. The Hall–Kier alpha value is -0.170. The van der Waals surface area contributed by atoms with Crippen LogP contribution in [-0.4, -0.2) is 0 Å². The summed E-state index contributed by atoms with van der Waals surface area (Å²) in [4.78, 5) is 1.34. The molecule has 0 aliphatic rings. The highest BCUT2D eigenvalue weighted by Gasteiger charge is 2.02. The van der Waals surface area contributed by atoms with Gasteiger partial charge in [0.15, 0.2) is 0 Å². The zero-order chi connectivity index (χ0) is 16.1. The van der Waals surface area contributed by atoms with E-state index >= 15 is 0 Å². The highest BCUT2D eigenvalue weighted by Crippen LogP contribution is 2.29.